The van der Waals surface area contributed by atoms with E-state index >= 15 is 0 Å². The number of hydrogen-bond acceptors (Lipinski definition) is 1. The van der Waals surface area contributed by atoms with Gasteiger partial charge in [0.1, 0.15) is 0 Å². The first-order valence-electron chi connectivity index (χ1n) is 6.75. The van der Waals surface area contributed by atoms with Crippen LogP contribution in [0.5, 0.6) is 0 Å². The van der Waals surface area contributed by atoms with Crippen molar-refractivity contribution in [2.24, 2.45) is 0 Å². The lowest BCUT2D eigenvalue weighted by Crippen LogP contribution is -2.09. The molecule has 2 nitrogen and oxygen atoms in total. The van der Waals surface area contributed by atoms with E-state index in [9.17, 15) is 4.79 Å². The van der Waals surface area contributed by atoms with Crippen molar-refractivity contribution in [3.05, 3.63) is 58.3 Å². The number of hydrogen-bond donors (Lipinski definition) is 0. The summed E-state index contributed by atoms with van der Waals surface area (Å²) >= 11 is 0. The number of fused-ring (bicyclic) bond motifs is 2. The molecule has 0 saturated carbocycles. The molecule has 0 N–H and O–H groups in total. The molecule has 0 aliphatic carbocycles. The van der Waals surface area contributed by atoms with Gasteiger partial charge in [-0.3, -0.25) is 9.36 Å². The molecule has 0 radical (unpaired) electrons. The summed E-state index contributed by atoms with van der Waals surface area (Å²) in [6.45, 7) is 3.92. The fourth-order valence-corrected chi connectivity index (χ4v) is 2.54. The first kappa shape index (κ1) is 12.5. The zero-order valence-electron chi connectivity index (χ0n) is 11.6. The smallest absolute Gasteiger partial charge is 0.197 e. The van der Waals surface area contributed by atoms with E-state index in [4.69, 9.17) is 0 Å². The third-order valence-electron chi connectivity index (χ3n) is 3.57. The van der Waals surface area contributed by atoms with Crippen molar-refractivity contribution in [1.29, 1.82) is 0 Å². The third kappa shape index (κ3) is 1.80. The van der Waals surface area contributed by atoms with Crippen LogP contribution in [0.2, 0.25) is 0 Å². The molecule has 0 saturated heterocycles. The number of benzene rings is 2. The van der Waals surface area contributed by atoms with Crippen molar-refractivity contribution in [2.75, 3.05) is 0 Å². The maximum absolute atomic E-state index is 12.6. The van der Waals surface area contributed by atoms with Crippen molar-refractivity contribution in [3.63, 3.8) is 0 Å². The van der Waals surface area contributed by atoms with E-state index in [2.05, 4.69) is 25.0 Å². The van der Waals surface area contributed by atoms with Crippen LogP contribution in [0.3, 0.4) is 0 Å². The normalized spacial score (nSPS) is 10.5. The standard InChI is InChI=1S/C18H15NO/c1-3-11-19-16-8-6-5-7-14(16)18(20)15-10-9-13(4-2)12-17(15)19/h5-10,12H,4H2,1-2H3. The van der Waals surface area contributed by atoms with Gasteiger partial charge in [0.25, 0.3) is 0 Å². The maximum Gasteiger partial charge on any atom is 0.197 e. The number of rotatable bonds is 1. The van der Waals surface area contributed by atoms with Crippen LogP contribution < -0.4 is 5.43 Å². The highest BCUT2D eigenvalue weighted by atomic mass is 16.1. The van der Waals surface area contributed by atoms with Gasteiger partial charge in [-0.2, -0.15) is 0 Å². The topological polar surface area (TPSA) is 22.0 Å². The Bertz CT molecular complexity index is 923. The number of para-hydroxylation sites is 1. The molecule has 0 bridgehead atoms. The number of aromatic nitrogens is 1. The maximum atomic E-state index is 12.6. The molecule has 0 atom stereocenters. The predicted molar refractivity (Wildman–Crippen MR) is 83.9 cm³/mol. The highest BCUT2D eigenvalue weighted by molar-refractivity contribution is 5.94. The SMILES string of the molecule is CC#Cn1c2ccccc2c(=O)c2ccc(CC)cc21. The van der Waals surface area contributed by atoms with Gasteiger partial charge in [0.2, 0.25) is 0 Å². The van der Waals surface area contributed by atoms with Crippen molar-refractivity contribution in [2.45, 2.75) is 20.3 Å². The molecule has 3 rings (SSSR count). The molecule has 98 valence electrons. The quantitative estimate of drug-likeness (QED) is 0.485. The molecule has 0 spiro atoms. The number of pyridine rings is 1. The van der Waals surface area contributed by atoms with Crippen LogP contribution in [0.1, 0.15) is 19.4 Å². The fraction of sp³-hybridized carbons (Fsp3) is 0.167. The van der Waals surface area contributed by atoms with Gasteiger partial charge in [0.15, 0.2) is 5.43 Å². The summed E-state index contributed by atoms with van der Waals surface area (Å²) in [6.07, 6.45) is 0.941. The minimum absolute atomic E-state index is 0.0763. The van der Waals surface area contributed by atoms with Crippen LogP contribution >= 0.6 is 0 Å². The van der Waals surface area contributed by atoms with Crippen LogP contribution in [0, 0.1) is 12.0 Å². The van der Waals surface area contributed by atoms with Gasteiger partial charge in [0.05, 0.1) is 11.0 Å². The Balaban J connectivity index is 2.62. The molecule has 20 heavy (non-hydrogen) atoms. The monoisotopic (exact) mass is 261 g/mol. The Labute approximate surface area is 117 Å². The Morgan fingerprint density at radius 3 is 2.55 bits per heavy atom. The summed E-state index contributed by atoms with van der Waals surface area (Å²) in [5, 5.41) is 1.44. The van der Waals surface area contributed by atoms with Gasteiger partial charge in [-0.1, -0.05) is 31.0 Å². The van der Waals surface area contributed by atoms with Crippen molar-refractivity contribution in [3.8, 4) is 12.0 Å². The van der Waals surface area contributed by atoms with Crippen LogP contribution in [0.15, 0.2) is 47.3 Å². The average molecular weight is 261 g/mol. The van der Waals surface area contributed by atoms with E-state index < -0.39 is 0 Å². The molecule has 0 unspecified atom stereocenters. The summed E-state index contributed by atoms with van der Waals surface area (Å²) in [5.74, 6) is 2.94. The molecule has 2 heteroatoms. The highest BCUT2D eigenvalue weighted by Crippen LogP contribution is 2.19. The van der Waals surface area contributed by atoms with Gasteiger partial charge in [0, 0.05) is 16.8 Å². The van der Waals surface area contributed by atoms with Crippen LogP contribution in [-0.4, -0.2) is 4.57 Å². The summed E-state index contributed by atoms with van der Waals surface area (Å²) in [7, 11) is 0. The molecule has 0 aliphatic rings. The minimum Gasteiger partial charge on any atom is -0.288 e. The molecular formula is C18H15NO. The predicted octanol–water partition coefficient (Wildman–Crippen LogP) is 3.55. The molecule has 0 amide bonds. The third-order valence-corrected chi connectivity index (χ3v) is 3.57. The zero-order valence-corrected chi connectivity index (χ0v) is 11.6. The second-order valence-electron chi connectivity index (χ2n) is 4.75. The number of aryl methyl sites for hydroxylation is 1. The second kappa shape index (κ2) is 4.86. The van der Waals surface area contributed by atoms with Crippen molar-refractivity contribution in [1.82, 2.24) is 4.57 Å². The molecule has 2 aromatic carbocycles. The fourth-order valence-electron chi connectivity index (χ4n) is 2.54. The summed E-state index contributed by atoms with van der Waals surface area (Å²) in [5.41, 5.74) is 3.04. The van der Waals surface area contributed by atoms with E-state index in [1.807, 2.05) is 47.9 Å². The van der Waals surface area contributed by atoms with Crippen LogP contribution in [0.4, 0.5) is 0 Å². The summed E-state index contributed by atoms with van der Waals surface area (Å²) in [6, 6.07) is 16.7. The first-order chi connectivity index (χ1) is 9.76. The zero-order chi connectivity index (χ0) is 14.1. The van der Waals surface area contributed by atoms with E-state index in [1.54, 1.807) is 0 Å². The van der Waals surface area contributed by atoms with E-state index in [1.165, 1.54) is 5.56 Å². The molecular weight excluding hydrogens is 246 g/mol. The minimum atomic E-state index is 0.0763. The lowest BCUT2D eigenvalue weighted by Gasteiger charge is -2.10. The lowest BCUT2D eigenvalue weighted by atomic mass is 10.1. The Morgan fingerprint density at radius 1 is 1.05 bits per heavy atom. The van der Waals surface area contributed by atoms with Gasteiger partial charge in [-0.15, -0.1) is 0 Å². The van der Waals surface area contributed by atoms with E-state index in [0.717, 1.165) is 22.8 Å². The Morgan fingerprint density at radius 2 is 1.80 bits per heavy atom. The van der Waals surface area contributed by atoms with Crippen molar-refractivity contribution >= 4 is 21.8 Å². The lowest BCUT2D eigenvalue weighted by molar-refractivity contribution is 1.13. The largest absolute Gasteiger partial charge is 0.288 e. The first-order valence-corrected chi connectivity index (χ1v) is 6.75. The van der Waals surface area contributed by atoms with E-state index in [-0.39, 0.29) is 5.43 Å². The van der Waals surface area contributed by atoms with Gasteiger partial charge >= 0.3 is 0 Å². The Hall–Kier alpha value is -2.53. The van der Waals surface area contributed by atoms with Gasteiger partial charge in [-0.25, -0.2) is 0 Å². The Kier molecular flexibility index (Phi) is 3.04. The average Bonchev–Trinajstić information content (AvgIpc) is 2.51. The van der Waals surface area contributed by atoms with Crippen molar-refractivity contribution < 1.29 is 0 Å². The molecule has 1 aromatic heterocycles. The van der Waals surface area contributed by atoms with E-state index in [0.29, 0.717) is 5.39 Å². The number of nitrogens with zero attached hydrogens (tertiary/aromatic N) is 1. The molecule has 0 fully saturated rings. The molecule has 1 heterocycles. The van der Waals surface area contributed by atoms with Gasteiger partial charge < -0.3 is 0 Å². The van der Waals surface area contributed by atoms with Gasteiger partial charge in [-0.05, 0) is 43.2 Å². The summed E-state index contributed by atoms with van der Waals surface area (Å²) < 4.78 is 1.92. The van der Waals surface area contributed by atoms with Crippen LogP contribution in [-0.2, 0) is 6.42 Å². The second-order valence-corrected chi connectivity index (χ2v) is 4.75. The molecule has 0 aliphatic heterocycles. The summed E-state index contributed by atoms with van der Waals surface area (Å²) in [4.78, 5) is 12.6. The van der Waals surface area contributed by atoms with Crippen LogP contribution in [0.25, 0.3) is 21.8 Å². The molecule has 3 aromatic rings. The highest BCUT2D eigenvalue weighted by Gasteiger charge is 2.09.